The summed E-state index contributed by atoms with van der Waals surface area (Å²) >= 11 is 0. The van der Waals surface area contributed by atoms with Gasteiger partial charge in [0.1, 0.15) is 0 Å². The minimum Gasteiger partial charge on any atom is -0.338 e. The Balaban J connectivity index is 1.93. The van der Waals surface area contributed by atoms with Gasteiger partial charge in [-0.05, 0) is 12.8 Å². The number of hydrogen-bond donors (Lipinski definition) is 4. The van der Waals surface area contributed by atoms with E-state index in [1.165, 1.54) is 5.06 Å². The molecular formula is C15H30N10O. The molecule has 2 aliphatic heterocycles. The summed E-state index contributed by atoms with van der Waals surface area (Å²) in [5.74, 6) is 1.48. The van der Waals surface area contributed by atoms with Crippen LogP contribution in [0.2, 0.25) is 0 Å². The number of hydroxylamine groups is 1. The van der Waals surface area contributed by atoms with Gasteiger partial charge in [-0.1, -0.05) is 0 Å². The lowest BCUT2D eigenvalue weighted by Crippen LogP contribution is -2.54. The number of aromatic nitrogens is 3. The Morgan fingerprint density at radius 1 is 0.808 bits per heavy atom. The van der Waals surface area contributed by atoms with Gasteiger partial charge in [0.25, 0.3) is 5.95 Å². The summed E-state index contributed by atoms with van der Waals surface area (Å²) in [5.41, 5.74) is 24.5. The Labute approximate surface area is 153 Å². The molecule has 1 aromatic heterocycles. The van der Waals surface area contributed by atoms with Gasteiger partial charge in [-0.3, -0.25) is 4.84 Å². The van der Waals surface area contributed by atoms with Crippen LogP contribution in [0.15, 0.2) is 0 Å². The molecule has 11 nitrogen and oxygen atoms in total. The molecule has 4 atom stereocenters. The molecule has 2 aliphatic rings. The van der Waals surface area contributed by atoms with Crippen molar-refractivity contribution < 1.29 is 4.84 Å². The van der Waals surface area contributed by atoms with Crippen LogP contribution in [-0.2, 0) is 4.84 Å². The highest BCUT2D eigenvalue weighted by Gasteiger charge is 2.29. The van der Waals surface area contributed by atoms with Crippen molar-refractivity contribution >= 4 is 17.8 Å². The van der Waals surface area contributed by atoms with Crippen LogP contribution in [0.25, 0.3) is 0 Å². The Morgan fingerprint density at radius 3 is 1.54 bits per heavy atom. The van der Waals surface area contributed by atoms with Gasteiger partial charge in [0.15, 0.2) is 0 Å². The van der Waals surface area contributed by atoms with Gasteiger partial charge in [0, 0.05) is 57.4 Å². The standard InChI is InChI=1S/C15H30N10O/c1-23(26-2)13-20-14(24-5-9(16)3-10(17)6-24)22-15(21-13)25-7-11(18)4-12(19)8-25/h9-12H,3-8,16-19H2,1-2H3/t9-,10+,11-,12+. The second kappa shape index (κ2) is 7.84. The molecule has 0 aromatic carbocycles. The highest BCUT2D eigenvalue weighted by molar-refractivity contribution is 5.46. The predicted octanol–water partition coefficient (Wildman–Crippen LogP) is -2.40. The van der Waals surface area contributed by atoms with Crippen LogP contribution in [-0.4, -0.2) is 79.5 Å². The van der Waals surface area contributed by atoms with E-state index in [1.807, 2.05) is 9.80 Å². The molecule has 2 saturated heterocycles. The Bertz CT molecular complexity index is 552. The molecule has 0 amide bonds. The van der Waals surface area contributed by atoms with Crippen LogP contribution in [0, 0.1) is 0 Å². The van der Waals surface area contributed by atoms with Crippen molar-refractivity contribution in [3.05, 3.63) is 0 Å². The van der Waals surface area contributed by atoms with Crippen LogP contribution in [0.3, 0.4) is 0 Å². The van der Waals surface area contributed by atoms with E-state index in [1.54, 1.807) is 14.2 Å². The normalized spacial score (nSPS) is 29.8. The summed E-state index contributed by atoms with van der Waals surface area (Å²) in [6.07, 6.45) is 1.57. The molecule has 26 heavy (non-hydrogen) atoms. The summed E-state index contributed by atoms with van der Waals surface area (Å²) in [6.45, 7) is 2.58. The number of nitrogens with two attached hydrogens (primary N) is 4. The molecule has 0 unspecified atom stereocenters. The molecule has 146 valence electrons. The highest BCUT2D eigenvalue weighted by atomic mass is 16.7. The van der Waals surface area contributed by atoms with Crippen molar-refractivity contribution in [1.82, 2.24) is 15.0 Å². The number of piperidine rings is 2. The van der Waals surface area contributed by atoms with Gasteiger partial charge in [-0.25, -0.2) is 5.06 Å². The molecule has 3 heterocycles. The molecule has 0 aliphatic carbocycles. The third-order valence-electron chi connectivity index (χ3n) is 4.75. The lowest BCUT2D eigenvalue weighted by molar-refractivity contribution is 0.180. The van der Waals surface area contributed by atoms with E-state index in [9.17, 15) is 0 Å². The third-order valence-corrected chi connectivity index (χ3v) is 4.75. The fourth-order valence-corrected chi connectivity index (χ4v) is 3.53. The minimum absolute atomic E-state index is 0.0144. The largest absolute Gasteiger partial charge is 0.338 e. The molecule has 0 bridgehead atoms. The van der Waals surface area contributed by atoms with Crippen LogP contribution >= 0.6 is 0 Å². The molecule has 0 spiro atoms. The Morgan fingerprint density at radius 2 is 1.19 bits per heavy atom. The number of hydrogen-bond acceptors (Lipinski definition) is 11. The van der Waals surface area contributed by atoms with E-state index in [4.69, 9.17) is 27.8 Å². The molecular weight excluding hydrogens is 336 g/mol. The molecule has 0 saturated carbocycles. The number of anilines is 3. The fraction of sp³-hybridized carbons (Fsp3) is 0.800. The SMILES string of the molecule is CON(C)c1nc(N2C[C@H](N)C[C@H](N)C2)nc(N2C[C@H](N)C[C@H](N)C2)n1. The quantitative estimate of drug-likeness (QED) is 0.420. The lowest BCUT2D eigenvalue weighted by Gasteiger charge is -2.37. The van der Waals surface area contributed by atoms with E-state index >= 15 is 0 Å². The van der Waals surface area contributed by atoms with Crippen LogP contribution in [0.4, 0.5) is 17.8 Å². The highest BCUT2D eigenvalue weighted by Crippen LogP contribution is 2.23. The zero-order valence-electron chi connectivity index (χ0n) is 15.5. The van der Waals surface area contributed by atoms with Gasteiger partial charge >= 0.3 is 0 Å². The predicted molar refractivity (Wildman–Crippen MR) is 101 cm³/mol. The van der Waals surface area contributed by atoms with E-state index < -0.39 is 0 Å². The first-order valence-corrected chi connectivity index (χ1v) is 8.91. The van der Waals surface area contributed by atoms with Crippen molar-refractivity contribution in [3.63, 3.8) is 0 Å². The number of rotatable bonds is 4. The lowest BCUT2D eigenvalue weighted by atomic mass is 10.0. The average Bonchev–Trinajstić information content (AvgIpc) is 2.59. The molecule has 3 rings (SSSR count). The van der Waals surface area contributed by atoms with E-state index in [2.05, 4.69) is 15.0 Å². The summed E-state index contributed by atoms with van der Waals surface area (Å²) in [6, 6.07) is -0.0578. The monoisotopic (exact) mass is 366 g/mol. The summed E-state index contributed by atoms with van der Waals surface area (Å²) in [4.78, 5) is 23.0. The first kappa shape index (κ1) is 19.0. The fourth-order valence-electron chi connectivity index (χ4n) is 3.53. The van der Waals surface area contributed by atoms with Crippen molar-refractivity contribution in [2.45, 2.75) is 37.0 Å². The smallest absolute Gasteiger partial charge is 0.256 e. The second-order valence-electron chi connectivity index (χ2n) is 7.24. The maximum Gasteiger partial charge on any atom is 0.256 e. The molecule has 2 fully saturated rings. The van der Waals surface area contributed by atoms with Crippen LogP contribution in [0.1, 0.15) is 12.8 Å². The topological polar surface area (TPSA) is 162 Å². The van der Waals surface area contributed by atoms with Crippen LogP contribution in [0.5, 0.6) is 0 Å². The summed E-state index contributed by atoms with van der Waals surface area (Å²) in [7, 11) is 3.30. The first-order valence-electron chi connectivity index (χ1n) is 8.91. The summed E-state index contributed by atoms with van der Waals surface area (Å²) in [5, 5.41) is 1.49. The zero-order chi connectivity index (χ0) is 18.8. The van der Waals surface area contributed by atoms with E-state index in [0.717, 1.165) is 12.8 Å². The second-order valence-corrected chi connectivity index (χ2v) is 7.24. The van der Waals surface area contributed by atoms with Gasteiger partial charge in [0.05, 0.1) is 7.11 Å². The maximum absolute atomic E-state index is 6.12. The minimum atomic E-state index is -0.0144. The van der Waals surface area contributed by atoms with Gasteiger partial charge in [0.2, 0.25) is 11.9 Å². The maximum atomic E-state index is 6.12. The average molecular weight is 366 g/mol. The van der Waals surface area contributed by atoms with Crippen molar-refractivity contribution in [2.24, 2.45) is 22.9 Å². The molecule has 8 N–H and O–H groups in total. The molecule has 11 heteroatoms. The molecule has 1 aromatic rings. The molecule has 0 radical (unpaired) electrons. The third kappa shape index (κ3) is 4.30. The van der Waals surface area contributed by atoms with E-state index in [0.29, 0.717) is 44.0 Å². The van der Waals surface area contributed by atoms with Crippen molar-refractivity contribution in [2.75, 3.05) is 55.2 Å². The van der Waals surface area contributed by atoms with Crippen molar-refractivity contribution in [3.8, 4) is 0 Å². The summed E-state index contributed by atoms with van der Waals surface area (Å²) < 4.78 is 0. The van der Waals surface area contributed by atoms with Gasteiger partial charge in [-0.2, -0.15) is 15.0 Å². The first-order chi connectivity index (χ1) is 12.4. The Kier molecular flexibility index (Phi) is 5.73. The Hall–Kier alpha value is -1.79. The van der Waals surface area contributed by atoms with Crippen molar-refractivity contribution in [1.29, 1.82) is 0 Å². The van der Waals surface area contributed by atoms with Crippen LogP contribution < -0.4 is 37.8 Å². The zero-order valence-corrected chi connectivity index (χ0v) is 15.5. The number of nitrogens with zero attached hydrogens (tertiary/aromatic N) is 6. The van der Waals surface area contributed by atoms with Gasteiger partial charge < -0.3 is 32.7 Å². The van der Waals surface area contributed by atoms with E-state index in [-0.39, 0.29) is 24.2 Å². The van der Waals surface area contributed by atoms with Gasteiger partial charge in [-0.15, -0.1) is 0 Å².